The lowest BCUT2D eigenvalue weighted by atomic mass is 9.99. The first-order valence-electron chi connectivity index (χ1n) is 7.08. The summed E-state index contributed by atoms with van der Waals surface area (Å²) >= 11 is 0. The molecule has 1 fully saturated rings. The number of nitrogens with two attached hydrogens (primary N) is 1. The SMILES string of the molecule is CC(=O)NCCNC(=O)CN1CCCCC1CCN. The van der Waals surface area contributed by atoms with Gasteiger partial charge in [0.05, 0.1) is 6.54 Å². The van der Waals surface area contributed by atoms with Gasteiger partial charge in [0.2, 0.25) is 11.8 Å². The zero-order chi connectivity index (χ0) is 14.1. The molecule has 1 unspecified atom stereocenters. The van der Waals surface area contributed by atoms with Crippen molar-refractivity contribution in [2.24, 2.45) is 5.73 Å². The number of hydrogen-bond donors (Lipinski definition) is 3. The van der Waals surface area contributed by atoms with Crippen molar-refractivity contribution in [2.75, 3.05) is 32.7 Å². The summed E-state index contributed by atoms with van der Waals surface area (Å²) in [5.74, 6) is -0.0532. The van der Waals surface area contributed by atoms with Gasteiger partial charge in [0, 0.05) is 26.1 Å². The monoisotopic (exact) mass is 270 g/mol. The van der Waals surface area contributed by atoms with Crippen molar-refractivity contribution in [3.8, 4) is 0 Å². The molecule has 0 aliphatic carbocycles. The van der Waals surface area contributed by atoms with Crippen LogP contribution < -0.4 is 16.4 Å². The van der Waals surface area contributed by atoms with Gasteiger partial charge in [-0.2, -0.15) is 0 Å². The first-order chi connectivity index (χ1) is 9.13. The molecule has 1 heterocycles. The Morgan fingerprint density at radius 3 is 2.68 bits per heavy atom. The summed E-state index contributed by atoms with van der Waals surface area (Å²) in [7, 11) is 0. The number of nitrogens with one attached hydrogen (secondary N) is 2. The molecule has 4 N–H and O–H groups in total. The fourth-order valence-corrected chi connectivity index (χ4v) is 2.47. The number of carbonyl (C=O) groups is 2. The van der Waals surface area contributed by atoms with Crippen LogP contribution in [0.3, 0.4) is 0 Å². The van der Waals surface area contributed by atoms with Crippen LogP contribution in [0, 0.1) is 0 Å². The molecule has 6 nitrogen and oxygen atoms in total. The van der Waals surface area contributed by atoms with Gasteiger partial charge in [-0.05, 0) is 32.4 Å². The van der Waals surface area contributed by atoms with Gasteiger partial charge in [0.15, 0.2) is 0 Å². The summed E-state index contributed by atoms with van der Waals surface area (Å²) < 4.78 is 0. The second-order valence-corrected chi connectivity index (χ2v) is 5.03. The minimum Gasteiger partial charge on any atom is -0.355 e. The molecule has 6 heteroatoms. The quantitative estimate of drug-likeness (QED) is 0.541. The highest BCUT2D eigenvalue weighted by Gasteiger charge is 2.23. The van der Waals surface area contributed by atoms with Crippen LogP contribution in [0.2, 0.25) is 0 Å². The fraction of sp³-hybridized carbons (Fsp3) is 0.846. The number of nitrogens with zero attached hydrogens (tertiary/aromatic N) is 1. The summed E-state index contributed by atoms with van der Waals surface area (Å²) in [5, 5.41) is 5.47. The molecule has 1 saturated heterocycles. The maximum atomic E-state index is 11.8. The van der Waals surface area contributed by atoms with Gasteiger partial charge in [-0.3, -0.25) is 14.5 Å². The number of rotatable bonds is 7. The highest BCUT2D eigenvalue weighted by atomic mass is 16.2. The molecule has 0 spiro atoms. The zero-order valence-electron chi connectivity index (χ0n) is 11.8. The van der Waals surface area contributed by atoms with E-state index >= 15 is 0 Å². The number of piperidine rings is 1. The average molecular weight is 270 g/mol. The summed E-state index contributed by atoms with van der Waals surface area (Å²) in [5.41, 5.74) is 5.61. The third-order valence-electron chi connectivity index (χ3n) is 3.42. The van der Waals surface area contributed by atoms with Crippen molar-refractivity contribution < 1.29 is 9.59 Å². The predicted molar refractivity (Wildman–Crippen MR) is 74.6 cm³/mol. The van der Waals surface area contributed by atoms with Crippen molar-refractivity contribution in [1.82, 2.24) is 15.5 Å². The summed E-state index contributed by atoms with van der Waals surface area (Å²) in [4.78, 5) is 24.7. The van der Waals surface area contributed by atoms with E-state index in [1.165, 1.54) is 13.3 Å². The maximum Gasteiger partial charge on any atom is 0.234 e. The molecule has 0 bridgehead atoms. The van der Waals surface area contributed by atoms with Crippen molar-refractivity contribution in [2.45, 2.75) is 38.6 Å². The van der Waals surface area contributed by atoms with Crippen molar-refractivity contribution in [1.29, 1.82) is 0 Å². The molecule has 0 saturated carbocycles. The van der Waals surface area contributed by atoms with E-state index < -0.39 is 0 Å². The Morgan fingerprint density at radius 2 is 2.00 bits per heavy atom. The first kappa shape index (κ1) is 15.9. The predicted octanol–water partition coefficient (Wildman–Crippen LogP) is -0.558. The van der Waals surface area contributed by atoms with E-state index in [0.29, 0.717) is 32.2 Å². The lowest BCUT2D eigenvalue weighted by molar-refractivity contribution is -0.123. The standard InChI is InChI=1S/C13H26N4O2/c1-11(18)15-7-8-16-13(19)10-17-9-3-2-4-12(17)5-6-14/h12H,2-10,14H2,1H3,(H,15,18)(H,16,19). The molecule has 110 valence electrons. The van der Waals surface area contributed by atoms with Gasteiger partial charge in [-0.15, -0.1) is 0 Å². The van der Waals surface area contributed by atoms with Gasteiger partial charge in [0.25, 0.3) is 0 Å². The van der Waals surface area contributed by atoms with Gasteiger partial charge >= 0.3 is 0 Å². The van der Waals surface area contributed by atoms with Crippen LogP contribution in [0.1, 0.15) is 32.6 Å². The zero-order valence-corrected chi connectivity index (χ0v) is 11.8. The summed E-state index contributed by atoms with van der Waals surface area (Å²) in [6.07, 6.45) is 4.47. The van der Waals surface area contributed by atoms with E-state index in [1.54, 1.807) is 0 Å². The minimum atomic E-state index is -0.0757. The van der Waals surface area contributed by atoms with Gasteiger partial charge in [-0.25, -0.2) is 0 Å². The van der Waals surface area contributed by atoms with Crippen LogP contribution in [0.4, 0.5) is 0 Å². The third kappa shape index (κ3) is 6.54. The van der Waals surface area contributed by atoms with E-state index in [-0.39, 0.29) is 11.8 Å². The Hall–Kier alpha value is -1.14. The normalized spacial score (nSPS) is 20.0. The number of likely N-dealkylation sites (tertiary alicyclic amines) is 1. The molecular weight excluding hydrogens is 244 g/mol. The summed E-state index contributed by atoms with van der Waals surface area (Å²) in [6.45, 7) is 4.51. The van der Waals surface area contributed by atoms with E-state index in [4.69, 9.17) is 5.73 Å². The summed E-state index contributed by atoms with van der Waals surface area (Å²) in [6, 6.07) is 0.444. The first-order valence-corrected chi connectivity index (χ1v) is 7.08. The topological polar surface area (TPSA) is 87.5 Å². The number of hydrogen-bond acceptors (Lipinski definition) is 4. The van der Waals surface area contributed by atoms with E-state index in [9.17, 15) is 9.59 Å². The van der Waals surface area contributed by atoms with E-state index in [0.717, 1.165) is 25.8 Å². The van der Waals surface area contributed by atoms with Crippen LogP contribution in [0.15, 0.2) is 0 Å². The third-order valence-corrected chi connectivity index (χ3v) is 3.42. The molecule has 1 atom stereocenters. The molecule has 0 radical (unpaired) electrons. The lowest BCUT2D eigenvalue weighted by Gasteiger charge is -2.35. The van der Waals surface area contributed by atoms with Gasteiger partial charge < -0.3 is 16.4 Å². The molecule has 2 amide bonds. The van der Waals surface area contributed by atoms with E-state index in [2.05, 4.69) is 15.5 Å². The molecule has 1 aliphatic heterocycles. The van der Waals surface area contributed by atoms with Gasteiger partial charge in [-0.1, -0.05) is 6.42 Å². The van der Waals surface area contributed by atoms with Crippen LogP contribution in [-0.4, -0.2) is 55.5 Å². The lowest BCUT2D eigenvalue weighted by Crippen LogP contribution is -2.47. The highest BCUT2D eigenvalue weighted by molar-refractivity contribution is 5.78. The van der Waals surface area contributed by atoms with Crippen molar-refractivity contribution >= 4 is 11.8 Å². The molecule has 0 aromatic carbocycles. The maximum absolute atomic E-state index is 11.8. The van der Waals surface area contributed by atoms with Crippen LogP contribution in [0.5, 0.6) is 0 Å². The van der Waals surface area contributed by atoms with E-state index in [1.807, 2.05) is 0 Å². The Bertz CT molecular complexity index is 294. The van der Waals surface area contributed by atoms with Crippen molar-refractivity contribution in [3.05, 3.63) is 0 Å². The Kier molecular flexibility index (Phi) is 7.43. The number of amides is 2. The van der Waals surface area contributed by atoms with Gasteiger partial charge in [0.1, 0.15) is 0 Å². The van der Waals surface area contributed by atoms with Crippen LogP contribution in [-0.2, 0) is 9.59 Å². The number of carbonyl (C=O) groups excluding carboxylic acids is 2. The Labute approximate surface area is 115 Å². The Balaban J connectivity index is 2.23. The molecular formula is C13H26N4O2. The second kappa shape index (κ2) is 8.87. The molecule has 1 rings (SSSR count). The van der Waals surface area contributed by atoms with Crippen LogP contribution in [0.25, 0.3) is 0 Å². The molecule has 0 aromatic heterocycles. The minimum absolute atomic E-state index is 0.0225. The largest absolute Gasteiger partial charge is 0.355 e. The highest BCUT2D eigenvalue weighted by Crippen LogP contribution is 2.18. The Morgan fingerprint density at radius 1 is 1.26 bits per heavy atom. The molecule has 1 aliphatic rings. The fourth-order valence-electron chi connectivity index (χ4n) is 2.47. The molecule has 0 aromatic rings. The second-order valence-electron chi connectivity index (χ2n) is 5.03. The van der Waals surface area contributed by atoms with Crippen molar-refractivity contribution in [3.63, 3.8) is 0 Å². The van der Waals surface area contributed by atoms with Crippen LogP contribution >= 0.6 is 0 Å². The smallest absolute Gasteiger partial charge is 0.234 e. The average Bonchev–Trinajstić information content (AvgIpc) is 2.37. The molecule has 19 heavy (non-hydrogen) atoms.